The highest BCUT2D eigenvalue weighted by molar-refractivity contribution is 9.10. The summed E-state index contributed by atoms with van der Waals surface area (Å²) in [5, 5.41) is 3.49. The highest BCUT2D eigenvalue weighted by Crippen LogP contribution is 2.23. The Kier molecular flexibility index (Phi) is 6.65. The molecule has 1 rings (SSSR count). The van der Waals surface area contributed by atoms with Gasteiger partial charge in [-0.2, -0.15) is 0 Å². The van der Waals surface area contributed by atoms with Gasteiger partial charge in [-0.1, -0.05) is 54.3 Å². The lowest BCUT2D eigenvalue weighted by Crippen LogP contribution is -2.19. The summed E-state index contributed by atoms with van der Waals surface area (Å²) in [5.41, 5.74) is 7.67. The molecule has 0 saturated carbocycles. The predicted molar refractivity (Wildman–Crippen MR) is 87.3 cm³/mol. The van der Waals surface area contributed by atoms with E-state index in [9.17, 15) is 0 Å². The minimum absolute atomic E-state index is 0.430. The van der Waals surface area contributed by atoms with E-state index in [-0.39, 0.29) is 0 Å². The van der Waals surface area contributed by atoms with Crippen LogP contribution in [-0.2, 0) is 0 Å². The van der Waals surface area contributed by atoms with E-state index in [0.29, 0.717) is 11.0 Å². The van der Waals surface area contributed by atoms with Crippen molar-refractivity contribution < 1.29 is 0 Å². The Morgan fingerprint density at radius 1 is 1.44 bits per heavy atom. The molecule has 0 bridgehead atoms. The summed E-state index contributed by atoms with van der Waals surface area (Å²) >= 11 is 8.55. The Labute approximate surface area is 123 Å². The normalized spacial score (nSPS) is 12.2. The van der Waals surface area contributed by atoms with E-state index in [0.717, 1.165) is 22.1 Å². The Balaban J connectivity index is 2.70. The van der Waals surface area contributed by atoms with Gasteiger partial charge in [0.1, 0.15) is 4.99 Å². The van der Waals surface area contributed by atoms with Gasteiger partial charge < -0.3 is 11.1 Å². The molecule has 0 radical (unpaired) electrons. The van der Waals surface area contributed by atoms with Gasteiger partial charge in [0.15, 0.2) is 0 Å². The molecule has 0 aliphatic carbocycles. The van der Waals surface area contributed by atoms with Crippen molar-refractivity contribution in [2.75, 3.05) is 5.32 Å². The first-order chi connectivity index (χ1) is 8.54. The molecule has 3 N–H and O–H groups in total. The molecule has 1 aromatic carbocycles. The van der Waals surface area contributed by atoms with Gasteiger partial charge in [0, 0.05) is 21.8 Å². The molecule has 0 aliphatic rings. The van der Waals surface area contributed by atoms with Crippen molar-refractivity contribution in [1.29, 1.82) is 0 Å². The summed E-state index contributed by atoms with van der Waals surface area (Å²) in [7, 11) is 0. The fourth-order valence-corrected chi connectivity index (χ4v) is 2.43. The van der Waals surface area contributed by atoms with Crippen molar-refractivity contribution >= 4 is 38.8 Å². The van der Waals surface area contributed by atoms with Crippen LogP contribution in [0.15, 0.2) is 22.7 Å². The lowest BCUT2D eigenvalue weighted by atomic mass is 10.1. The molecule has 0 aliphatic heterocycles. The van der Waals surface area contributed by atoms with Crippen molar-refractivity contribution in [3.63, 3.8) is 0 Å². The standard InChI is InChI=1S/C14H21BrN2S/c1-3-4-5-6-10(2)17-13-9-11(15)7-8-12(13)14(16)18/h7-10,17H,3-6H2,1-2H3,(H2,16,18). The third-order valence-electron chi connectivity index (χ3n) is 2.89. The second kappa shape index (κ2) is 7.74. The molecule has 0 saturated heterocycles. The fourth-order valence-electron chi connectivity index (χ4n) is 1.89. The SMILES string of the molecule is CCCCCC(C)Nc1cc(Br)ccc1C(N)=S. The average Bonchev–Trinajstić information content (AvgIpc) is 2.29. The van der Waals surface area contributed by atoms with Crippen LogP contribution in [-0.4, -0.2) is 11.0 Å². The molecular weight excluding hydrogens is 308 g/mol. The third kappa shape index (κ3) is 4.94. The molecule has 0 fully saturated rings. The number of benzene rings is 1. The number of hydrogen-bond acceptors (Lipinski definition) is 2. The molecule has 0 heterocycles. The third-order valence-corrected chi connectivity index (χ3v) is 3.60. The summed E-state index contributed by atoms with van der Waals surface area (Å²) in [5.74, 6) is 0. The zero-order chi connectivity index (χ0) is 13.5. The summed E-state index contributed by atoms with van der Waals surface area (Å²) < 4.78 is 1.03. The molecule has 100 valence electrons. The van der Waals surface area contributed by atoms with Crippen LogP contribution in [0.1, 0.15) is 45.1 Å². The van der Waals surface area contributed by atoms with E-state index in [2.05, 4.69) is 35.1 Å². The Morgan fingerprint density at radius 3 is 2.78 bits per heavy atom. The molecule has 2 nitrogen and oxygen atoms in total. The lowest BCUT2D eigenvalue weighted by Gasteiger charge is -2.18. The van der Waals surface area contributed by atoms with E-state index in [4.69, 9.17) is 18.0 Å². The van der Waals surface area contributed by atoms with E-state index < -0.39 is 0 Å². The molecule has 0 amide bonds. The maximum absolute atomic E-state index is 5.74. The largest absolute Gasteiger partial charge is 0.389 e. The Bertz CT molecular complexity index is 407. The number of rotatable bonds is 7. The van der Waals surface area contributed by atoms with Crippen LogP contribution in [0.2, 0.25) is 0 Å². The minimum Gasteiger partial charge on any atom is -0.389 e. The lowest BCUT2D eigenvalue weighted by molar-refractivity contribution is 0.615. The van der Waals surface area contributed by atoms with Crippen molar-refractivity contribution in [3.8, 4) is 0 Å². The van der Waals surface area contributed by atoms with E-state index in [1.807, 2.05) is 18.2 Å². The molecule has 1 unspecified atom stereocenters. The van der Waals surface area contributed by atoms with Crippen molar-refractivity contribution in [2.24, 2.45) is 5.73 Å². The van der Waals surface area contributed by atoms with Crippen LogP contribution in [0.4, 0.5) is 5.69 Å². The molecule has 0 spiro atoms. The fraction of sp³-hybridized carbons (Fsp3) is 0.500. The number of nitrogens with two attached hydrogens (primary N) is 1. The zero-order valence-electron chi connectivity index (χ0n) is 11.0. The van der Waals surface area contributed by atoms with Gasteiger partial charge >= 0.3 is 0 Å². The summed E-state index contributed by atoms with van der Waals surface area (Å²) in [6, 6.07) is 6.37. The summed E-state index contributed by atoms with van der Waals surface area (Å²) in [6.07, 6.45) is 4.95. The summed E-state index contributed by atoms with van der Waals surface area (Å²) in [4.78, 5) is 0.436. The van der Waals surface area contributed by atoms with Gasteiger partial charge in [-0.05, 0) is 31.5 Å². The maximum atomic E-state index is 5.74. The Morgan fingerprint density at radius 2 is 2.17 bits per heavy atom. The number of hydrogen-bond donors (Lipinski definition) is 2. The molecule has 18 heavy (non-hydrogen) atoms. The topological polar surface area (TPSA) is 38.0 Å². The second-order valence-electron chi connectivity index (χ2n) is 4.60. The first-order valence-electron chi connectivity index (χ1n) is 6.40. The quantitative estimate of drug-likeness (QED) is 0.573. The van der Waals surface area contributed by atoms with Crippen molar-refractivity contribution in [2.45, 2.75) is 45.6 Å². The number of halogens is 1. The zero-order valence-corrected chi connectivity index (χ0v) is 13.4. The monoisotopic (exact) mass is 328 g/mol. The van der Waals surface area contributed by atoms with E-state index in [1.165, 1.54) is 19.3 Å². The van der Waals surface area contributed by atoms with E-state index in [1.54, 1.807) is 0 Å². The van der Waals surface area contributed by atoms with Gasteiger partial charge in [0.2, 0.25) is 0 Å². The number of nitrogens with one attached hydrogen (secondary N) is 1. The molecule has 1 aromatic rings. The molecular formula is C14H21BrN2S. The van der Waals surface area contributed by atoms with Gasteiger partial charge in [0.05, 0.1) is 0 Å². The molecule has 1 atom stereocenters. The van der Waals surface area contributed by atoms with Crippen LogP contribution < -0.4 is 11.1 Å². The number of unbranched alkanes of at least 4 members (excludes halogenated alkanes) is 2. The van der Waals surface area contributed by atoms with Crippen molar-refractivity contribution in [3.05, 3.63) is 28.2 Å². The molecule has 4 heteroatoms. The van der Waals surface area contributed by atoms with Gasteiger partial charge in [-0.3, -0.25) is 0 Å². The molecule has 0 aromatic heterocycles. The number of thiocarbonyl (C=S) groups is 1. The van der Waals surface area contributed by atoms with Crippen molar-refractivity contribution in [1.82, 2.24) is 0 Å². The van der Waals surface area contributed by atoms with Crippen LogP contribution in [0.25, 0.3) is 0 Å². The predicted octanol–water partition coefficient (Wildman–Crippen LogP) is 4.46. The maximum Gasteiger partial charge on any atom is 0.106 e. The highest BCUT2D eigenvalue weighted by atomic mass is 79.9. The first-order valence-corrected chi connectivity index (χ1v) is 7.60. The number of anilines is 1. The van der Waals surface area contributed by atoms with Crippen LogP contribution >= 0.6 is 28.1 Å². The Hall–Kier alpha value is -0.610. The van der Waals surface area contributed by atoms with Gasteiger partial charge in [-0.15, -0.1) is 0 Å². The van der Waals surface area contributed by atoms with Crippen LogP contribution in [0, 0.1) is 0 Å². The smallest absolute Gasteiger partial charge is 0.106 e. The average molecular weight is 329 g/mol. The van der Waals surface area contributed by atoms with Crippen LogP contribution in [0.5, 0.6) is 0 Å². The van der Waals surface area contributed by atoms with E-state index >= 15 is 0 Å². The highest BCUT2D eigenvalue weighted by Gasteiger charge is 2.08. The van der Waals surface area contributed by atoms with Gasteiger partial charge in [-0.25, -0.2) is 0 Å². The first kappa shape index (κ1) is 15.4. The van der Waals surface area contributed by atoms with Crippen LogP contribution in [0.3, 0.4) is 0 Å². The minimum atomic E-state index is 0.430. The second-order valence-corrected chi connectivity index (χ2v) is 5.95. The summed E-state index contributed by atoms with van der Waals surface area (Å²) in [6.45, 7) is 4.41. The van der Waals surface area contributed by atoms with Gasteiger partial charge in [0.25, 0.3) is 0 Å².